The average molecular weight is 462 g/mol. The first-order valence-electron chi connectivity index (χ1n) is 11.8. The fourth-order valence-electron chi connectivity index (χ4n) is 4.97. The number of ether oxygens (including phenoxy) is 1. The molecule has 0 aromatic carbocycles. The Bertz CT molecular complexity index is 1330. The minimum absolute atomic E-state index is 0.0696. The van der Waals surface area contributed by atoms with Gasteiger partial charge < -0.3 is 15.0 Å². The number of H-pyrrole nitrogens is 1. The molecule has 4 aromatic rings. The van der Waals surface area contributed by atoms with Crippen molar-refractivity contribution in [3.05, 3.63) is 42.0 Å². The van der Waals surface area contributed by atoms with Crippen LogP contribution in [0.2, 0.25) is 0 Å². The van der Waals surface area contributed by atoms with Crippen molar-refractivity contribution in [2.45, 2.75) is 38.5 Å². The number of aromatic nitrogens is 5. The Morgan fingerprint density at radius 3 is 2.79 bits per heavy atom. The summed E-state index contributed by atoms with van der Waals surface area (Å²) in [5.74, 6) is 1.43. The molecule has 0 spiro atoms. The zero-order chi connectivity index (χ0) is 23.8. The van der Waals surface area contributed by atoms with Crippen molar-refractivity contribution in [2.75, 3.05) is 33.8 Å². The van der Waals surface area contributed by atoms with Crippen LogP contribution in [-0.4, -0.2) is 69.2 Å². The van der Waals surface area contributed by atoms with Crippen molar-refractivity contribution in [3.63, 3.8) is 0 Å². The molecule has 0 unspecified atom stereocenters. The molecule has 9 nitrogen and oxygen atoms in total. The number of fused-ring (bicyclic) bond motifs is 2. The van der Waals surface area contributed by atoms with Gasteiger partial charge in [0.1, 0.15) is 6.33 Å². The fraction of sp³-hybridized carbons (Fsp3) is 0.440. The predicted molar refractivity (Wildman–Crippen MR) is 131 cm³/mol. The number of methoxy groups -OCH3 is 1. The normalized spacial score (nSPS) is 15.4. The highest BCUT2D eigenvalue weighted by Gasteiger charge is 2.25. The first kappa shape index (κ1) is 22.3. The highest BCUT2D eigenvalue weighted by molar-refractivity contribution is 5.89. The van der Waals surface area contributed by atoms with Gasteiger partial charge in [-0.3, -0.25) is 14.7 Å². The van der Waals surface area contributed by atoms with Crippen LogP contribution in [0.4, 0.5) is 0 Å². The molecule has 9 heteroatoms. The second-order valence-electron chi connectivity index (χ2n) is 9.25. The van der Waals surface area contributed by atoms with E-state index in [2.05, 4.69) is 51.3 Å². The smallest absolute Gasteiger partial charge is 0.233 e. The van der Waals surface area contributed by atoms with Gasteiger partial charge in [-0.1, -0.05) is 13.8 Å². The summed E-state index contributed by atoms with van der Waals surface area (Å²) in [5.41, 5.74) is 7.08. The van der Waals surface area contributed by atoms with Crippen LogP contribution in [0, 0.1) is 0 Å². The Labute approximate surface area is 198 Å². The Morgan fingerprint density at radius 2 is 2.09 bits per heavy atom. The summed E-state index contributed by atoms with van der Waals surface area (Å²) in [5, 5.41) is 7.02. The van der Waals surface area contributed by atoms with Crippen LogP contribution in [0.15, 0.2) is 30.7 Å². The van der Waals surface area contributed by atoms with E-state index in [0.29, 0.717) is 23.9 Å². The highest BCUT2D eigenvalue weighted by atomic mass is 16.5. The van der Waals surface area contributed by atoms with Crippen molar-refractivity contribution < 1.29 is 9.53 Å². The summed E-state index contributed by atoms with van der Waals surface area (Å²) in [6, 6.07) is 6.30. The summed E-state index contributed by atoms with van der Waals surface area (Å²) in [6.45, 7) is 6.68. The lowest BCUT2D eigenvalue weighted by atomic mass is 9.92. The maximum Gasteiger partial charge on any atom is 0.233 e. The van der Waals surface area contributed by atoms with Gasteiger partial charge in [-0.15, -0.1) is 0 Å². The molecule has 178 valence electrons. The number of carbonyl (C=O) groups excluding carboxylic acids is 1. The molecular weight excluding hydrogens is 430 g/mol. The van der Waals surface area contributed by atoms with Gasteiger partial charge in [-0.25, -0.2) is 9.50 Å². The molecule has 0 saturated carbocycles. The van der Waals surface area contributed by atoms with E-state index in [-0.39, 0.29) is 11.8 Å². The van der Waals surface area contributed by atoms with E-state index >= 15 is 0 Å². The number of nitrogens with zero attached hydrogens (tertiary/aromatic N) is 5. The third-order valence-corrected chi connectivity index (χ3v) is 6.78. The fourth-order valence-corrected chi connectivity index (χ4v) is 4.97. The number of rotatable bonds is 6. The van der Waals surface area contributed by atoms with Crippen LogP contribution in [0.3, 0.4) is 0 Å². The molecule has 0 atom stereocenters. The van der Waals surface area contributed by atoms with Gasteiger partial charge in [0, 0.05) is 36.0 Å². The Hall–Kier alpha value is -3.46. The number of nitrogens with one attached hydrogen (secondary N) is 2. The van der Waals surface area contributed by atoms with Crippen molar-refractivity contribution in [1.82, 2.24) is 34.8 Å². The molecule has 1 aliphatic heterocycles. The maximum absolute atomic E-state index is 11.7. The molecular formula is C25H31N7O2. The van der Waals surface area contributed by atoms with Gasteiger partial charge in [-0.2, -0.15) is 5.10 Å². The molecule has 5 heterocycles. The Balaban J connectivity index is 1.49. The highest BCUT2D eigenvalue weighted by Crippen LogP contribution is 2.37. The van der Waals surface area contributed by atoms with Crippen LogP contribution in [0.5, 0.6) is 5.75 Å². The zero-order valence-electron chi connectivity index (χ0n) is 20.1. The second-order valence-corrected chi connectivity index (χ2v) is 9.25. The number of likely N-dealkylation sites (N-methyl/N-ethyl adjacent to an activating group) is 1. The number of hydrogen-bond donors (Lipinski definition) is 2. The molecule has 1 aliphatic rings. The summed E-state index contributed by atoms with van der Waals surface area (Å²) in [6.07, 6.45) is 5.52. The molecule has 4 aromatic heterocycles. The molecule has 2 N–H and O–H groups in total. The third kappa shape index (κ3) is 4.00. The maximum atomic E-state index is 11.7. The van der Waals surface area contributed by atoms with Gasteiger partial charge in [0.05, 0.1) is 30.4 Å². The van der Waals surface area contributed by atoms with E-state index in [9.17, 15) is 4.79 Å². The van der Waals surface area contributed by atoms with Gasteiger partial charge in [0.25, 0.3) is 0 Å². The predicted octanol–water partition coefficient (Wildman–Crippen LogP) is 3.33. The zero-order valence-corrected chi connectivity index (χ0v) is 20.1. The minimum Gasteiger partial charge on any atom is -0.493 e. The quantitative estimate of drug-likeness (QED) is 0.457. The summed E-state index contributed by atoms with van der Waals surface area (Å²) >= 11 is 0. The SMILES string of the molecule is CNC(=O)CN1CCC(c2ccc3[nH]c(-c4cc(OC)c5ncnn5c4)c(C(C)C)c3n2)CC1. The molecule has 1 saturated heterocycles. The van der Waals surface area contributed by atoms with Crippen molar-refractivity contribution in [3.8, 4) is 17.0 Å². The molecule has 34 heavy (non-hydrogen) atoms. The van der Waals surface area contributed by atoms with Crippen molar-refractivity contribution >= 4 is 22.6 Å². The first-order valence-corrected chi connectivity index (χ1v) is 11.8. The monoisotopic (exact) mass is 461 g/mol. The van der Waals surface area contributed by atoms with Crippen LogP contribution >= 0.6 is 0 Å². The number of aromatic amines is 1. The first-order chi connectivity index (χ1) is 16.5. The summed E-state index contributed by atoms with van der Waals surface area (Å²) in [7, 11) is 3.34. The van der Waals surface area contributed by atoms with Crippen LogP contribution in [-0.2, 0) is 4.79 Å². The average Bonchev–Trinajstić information content (AvgIpc) is 3.48. The standard InChI is InChI=1S/C25H31N7O2/c1-15(2)22-23(17-11-20(34-4)25-27-14-28-32(25)12-17)30-19-6-5-18(29-24(19)22)16-7-9-31(10-8-16)13-21(33)26-3/h5-6,11-12,14-16,30H,7-10,13H2,1-4H3,(H,26,33). The van der Waals surface area contributed by atoms with E-state index in [1.165, 1.54) is 11.9 Å². The minimum atomic E-state index is 0.0696. The molecule has 0 aliphatic carbocycles. The van der Waals surface area contributed by atoms with Gasteiger partial charge >= 0.3 is 0 Å². The number of likely N-dealkylation sites (tertiary alicyclic amines) is 1. The number of pyridine rings is 2. The number of hydrogen-bond acceptors (Lipinski definition) is 6. The lowest BCUT2D eigenvalue weighted by Crippen LogP contribution is -2.40. The third-order valence-electron chi connectivity index (χ3n) is 6.78. The van der Waals surface area contributed by atoms with E-state index in [0.717, 1.165) is 53.9 Å². The molecule has 0 bridgehead atoms. The lowest BCUT2D eigenvalue weighted by molar-refractivity contribution is -0.122. The topological polar surface area (TPSA) is 100 Å². The Kier molecular flexibility index (Phi) is 5.95. The van der Waals surface area contributed by atoms with E-state index in [4.69, 9.17) is 9.72 Å². The van der Waals surface area contributed by atoms with Gasteiger partial charge in [0.2, 0.25) is 5.91 Å². The lowest BCUT2D eigenvalue weighted by Gasteiger charge is -2.31. The number of carbonyl (C=O) groups is 1. The summed E-state index contributed by atoms with van der Waals surface area (Å²) in [4.78, 5) is 27.0. The molecule has 1 fully saturated rings. The largest absolute Gasteiger partial charge is 0.493 e. The van der Waals surface area contributed by atoms with E-state index in [1.807, 2.05) is 12.3 Å². The molecule has 5 rings (SSSR count). The van der Waals surface area contributed by atoms with Crippen LogP contribution in [0.1, 0.15) is 49.8 Å². The number of amides is 1. The van der Waals surface area contributed by atoms with E-state index < -0.39 is 0 Å². The number of piperidine rings is 1. The van der Waals surface area contributed by atoms with Crippen molar-refractivity contribution in [1.29, 1.82) is 0 Å². The van der Waals surface area contributed by atoms with Gasteiger partial charge in [-0.05, 0) is 50.0 Å². The Morgan fingerprint density at radius 1 is 1.29 bits per heavy atom. The van der Waals surface area contributed by atoms with Crippen LogP contribution in [0.25, 0.3) is 27.9 Å². The summed E-state index contributed by atoms with van der Waals surface area (Å²) < 4.78 is 7.32. The van der Waals surface area contributed by atoms with Gasteiger partial charge in [0.15, 0.2) is 11.4 Å². The molecule has 1 amide bonds. The second kappa shape index (κ2) is 9.06. The van der Waals surface area contributed by atoms with Crippen LogP contribution < -0.4 is 10.1 Å². The van der Waals surface area contributed by atoms with Crippen molar-refractivity contribution in [2.24, 2.45) is 0 Å². The van der Waals surface area contributed by atoms with E-state index in [1.54, 1.807) is 18.7 Å². The molecule has 0 radical (unpaired) electrons.